The molecule has 0 bridgehead atoms. The average molecular weight is 225 g/mol. The quantitative estimate of drug-likeness (QED) is 0.807. The molecule has 1 aromatic carbocycles. The lowest BCUT2D eigenvalue weighted by Crippen LogP contribution is -2.35. The summed E-state index contributed by atoms with van der Waals surface area (Å²) in [5.74, 6) is -0.202. The Morgan fingerprint density at radius 2 is 1.94 bits per heavy atom. The minimum absolute atomic E-state index is 0.202. The van der Waals surface area contributed by atoms with Gasteiger partial charge in [-0.3, -0.25) is 0 Å². The summed E-state index contributed by atoms with van der Waals surface area (Å²) in [5, 5.41) is 13.2. The third-order valence-corrected chi connectivity index (χ3v) is 3.10. The van der Waals surface area contributed by atoms with Crippen LogP contribution in [0.1, 0.15) is 32.3 Å². The summed E-state index contributed by atoms with van der Waals surface area (Å²) in [6.45, 7) is 6.14. The van der Waals surface area contributed by atoms with Crippen LogP contribution >= 0.6 is 0 Å². The van der Waals surface area contributed by atoms with Crippen LogP contribution in [0.25, 0.3) is 0 Å². The van der Waals surface area contributed by atoms with Crippen molar-refractivity contribution < 1.29 is 9.50 Å². The highest BCUT2D eigenvalue weighted by Gasteiger charge is 2.21. The fourth-order valence-corrected chi connectivity index (χ4v) is 1.52. The minimum Gasteiger partial charge on any atom is -0.388 e. The van der Waals surface area contributed by atoms with Gasteiger partial charge in [0.2, 0.25) is 0 Å². The molecule has 0 unspecified atom stereocenters. The van der Waals surface area contributed by atoms with E-state index in [1.165, 1.54) is 6.07 Å². The molecule has 0 fully saturated rings. The summed E-state index contributed by atoms with van der Waals surface area (Å²) < 4.78 is 13.0. The van der Waals surface area contributed by atoms with Gasteiger partial charge in [-0.2, -0.15) is 0 Å². The van der Waals surface area contributed by atoms with Gasteiger partial charge in [0, 0.05) is 12.2 Å². The number of halogens is 1. The van der Waals surface area contributed by atoms with Gasteiger partial charge in [0.1, 0.15) is 5.82 Å². The van der Waals surface area contributed by atoms with Crippen molar-refractivity contribution in [1.82, 2.24) is 0 Å². The number of aryl methyl sites for hydroxylation is 1. The molecule has 1 rings (SSSR count). The molecule has 2 N–H and O–H groups in total. The van der Waals surface area contributed by atoms with Gasteiger partial charge in [-0.25, -0.2) is 4.39 Å². The molecule has 16 heavy (non-hydrogen) atoms. The molecule has 0 heterocycles. The van der Waals surface area contributed by atoms with E-state index in [9.17, 15) is 9.50 Å². The maximum Gasteiger partial charge on any atom is 0.126 e. The first-order valence-electron chi connectivity index (χ1n) is 5.73. The molecule has 2 nitrogen and oxygen atoms in total. The zero-order valence-electron chi connectivity index (χ0n) is 10.2. The molecule has 0 aliphatic heterocycles. The molecule has 0 aliphatic rings. The Bertz CT molecular complexity index is 348. The monoisotopic (exact) mass is 225 g/mol. The van der Waals surface area contributed by atoms with Crippen molar-refractivity contribution in [3.05, 3.63) is 29.6 Å². The Morgan fingerprint density at radius 1 is 1.31 bits per heavy atom. The van der Waals surface area contributed by atoms with Crippen molar-refractivity contribution in [2.75, 3.05) is 11.9 Å². The fraction of sp³-hybridized carbons (Fsp3) is 0.538. The first-order valence-corrected chi connectivity index (χ1v) is 5.73. The zero-order valence-corrected chi connectivity index (χ0v) is 10.2. The van der Waals surface area contributed by atoms with E-state index in [1.54, 1.807) is 19.1 Å². The molecule has 0 spiro atoms. The molecular formula is C13H20FNO. The van der Waals surface area contributed by atoms with Crippen molar-refractivity contribution in [1.29, 1.82) is 0 Å². The third-order valence-electron chi connectivity index (χ3n) is 3.10. The summed E-state index contributed by atoms with van der Waals surface area (Å²) in [5.41, 5.74) is 0.781. The Labute approximate surface area is 96.5 Å². The normalized spacial score (nSPS) is 11.6. The summed E-state index contributed by atoms with van der Waals surface area (Å²) >= 11 is 0. The molecule has 0 saturated carbocycles. The summed E-state index contributed by atoms with van der Waals surface area (Å²) in [4.78, 5) is 0. The van der Waals surface area contributed by atoms with Gasteiger partial charge in [-0.1, -0.05) is 13.8 Å². The van der Waals surface area contributed by atoms with Gasteiger partial charge in [0.25, 0.3) is 0 Å². The Hall–Kier alpha value is -1.09. The van der Waals surface area contributed by atoms with Crippen molar-refractivity contribution in [3.8, 4) is 0 Å². The van der Waals surface area contributed by atoms with Gasteiger partial charge in [0.05, 0.1) is 5.60 Å². The average Bonchev–Trinajstić information content (AvgIpc) is 2.30. The van der Waals surface area contributed by atoms with Gasteiger partial charge in [-0.05, 0) is 43.5 Å². The highest BCUT2D eigenvalue weighted by Crippen LogP contribution is 2.18. The Kier molecular flexibility index (Phi) is 4.30. The predicted molar refractivity (Wildman–Crippen MR) is 65.2 cm³/mol. The van der Waals surface area contributed by atoms with E-state index in [-0.39, 0.29) is 5.82 Å². The van der Waals surface area contributed by atoms with Gasteiger partial charge < -0.3 is 10.4 Å². The second-order valence-corrected chi connectivity index (χ2v) is 4.25. The lowest BCUT2D eigenvalue weighted by molar-refractivity contribution is 0.0457. The lowest BCUT2D eigenvalue weighted by atomic mass is 9.97. The number of aliphatic hydroxyl groups is 1. The highest BCUT2D eigenvalue weighted by atomic mass is 19.1. The molecule has 0 aliphatic carbocycles. The molecule has 1 aromatic rings. The number of anilines is 1. The zero-order chi connectivity index (χ0) is 12.2. The summed E-state index contributed by atoms with van der Waals surface area (Å²) in [6.07, 6.45) is 1.41. The molecule has 0 radical (unpaired) electrons. The maximum absolute atomic E-state index is 13.0. The molecule has 0 saturated heterocycles. The molecular weight excluding hydrogens is 205 g/mol. The van der Waals surface area contributed by atoms with Crippen LogP contribution in [0.15, 0.2) is 18.2 Å². The van der Waals surface area contributed by atoms with E-state index < -0.39 is 5.60 Å². The van der Waals surface area contributed by atoms with E-state index >= 15 is 0 Å². The molecule has 0 amide bonds. The van der Waals surface area contributed by atoms with Crippen molar-refractivity contribution >= 4 is 5.69 Å². The van der Waals surface area contributed by atoms with E-state index in [1.807, 2.05) is 13.8 Å². The summed E-state index contributed by atoms with van der Waals surface area (Å²) in [7, 11) is 0. The van der Waals surface area contributed by atoms with E-state index in [4.69, 9.17) is 0 Å². The van der Waals surface area contributed by atoms with Crippen LogP contribution in [0.5, 0.6) is 0 Å². The van der Waals surface area contributed by atoms with E-state index in [0.29, 0.717) is 24.9 Å². The van der Waals surface area contributed by atoms with Crippen LogP contribution in [-0.4, -0.2) is 17.3 Å². The smallest absolute Gasteiger partial charge is 0.126 e. The minimum atomic E-state index is -0.678. The lowest BCUT2D eigenvalue weighted by Gasteiger charge is -2.26. The van der Waals surface area contributed by atoms with E-state index in [2.05, 4.69) is 5.32 Å². The number of rotatable bonds is 5. The Morgan fingerprint density at radius 3 is 2.44 bits per heavy atom. The highest BCUT2D eigenvalue weighted by molar-refractivity contribution is 5.46. The molecule has 0 aromatic heterocycles. The molecule has 0 atom stereocenters. The fourth-order valence-electron chi connectivity index (χ4n) is 1.52. The summed E-state index contributed by atoms with van der Waals surface area (Å²) in [6, 6.07) is 4.88. The number of hydrogen-bond acceptors (Lipinski definition) is 2. The van der Waals surface area contributed by atoms with Crippen LogP contribution < -0.4 is 5.32 Å². The predicted octanol–water partition coefficient (Wildman–Crippen LogP) is 3.10. The largest absolute Gasteiger partial charge is 0.388 e. The topological polar surface area (TPSA) is 32.3 Å². The first kappa shape index (κ1) is 13.0. The van der Waals surface area contributed by atoms with Crippen molar-refractivity contribution in [3.63, 3.8) is 0 Å². The number of hydrogen-bond donors (Lipinski definition) is 2. The van der Waals surface area contributed by atoms with Gasteiger partial charge in [-0.15, -0.1) is 0 Å². The van der Waals surface area contributed by atoms with Crippen LogP contribution in [0.3, 0.4) is 0 Å². The third kappa shape index (κ3) is 3.20. The van der Waals surface area contributed by atoms with Crippen LogP contribution in [-0.2, 0) is 0 Å². The second kappa shape index (κ2) is 5.30. The Balaban J connectivity index is 2.64. The standard InChI is InChI=1S/C13H20FNO/c1-4-13(16,5-2)9-15-11-6-7-12(14)10(3)8-11/h6-8,15-16H,4-5,9H2,1-3H3. The van der Waals surface area contributed by atoms with Crippen molar-refractivity contribution in [2.24, 2.45) is 0 Å². The van der Waals surface area contributed by atoms with Gasteiger partial charge in [0.15, 0.2) is 0 Å². The van der Waals surface area contributed by atoms with Crippen LogP contribution in [0.2, 0.25) is 0 Å². The molecule has 90 valence electrons. The maximum atomic E-state index is 13.0. The number of nitrogens with one attached hydrogen (secondary N) is 1. The van der Waals surface area contributed by atoms with Crippen LogP contribution in [0.4, 0.5) is 10.1 Å². The van der Waals surface area contributed by atoms with E-state index in [0.717, 1.165) is 5.69 Å². The number of benzene rings is 1. The van der Waals surface area contributed by atoms with Gasteiger partial charge >= 0.3 is 0 Å². The first-order chi connectivity index (χ1) is 7.50. The van der Waals surface area contributed by atoms with Crippen molar-refractivity contribution in [2.45, 2.75) is 39.2 Å². The molecule has 3 heteroatoms. The SMILES string of the molecule is CCC(O)(CC)CNc1ccc(F)c(C)c1. The van der Waals surface area contributed by atoms with Crippen LogP contribution in [0, 0.1) is 12.7 Å². The second-order valence-electron chi connectivity index (χ2n) is 4.25.